The molecule has 3 heteroatoms. The molecule has 15 heavy (non-hydrogen) atoms. The van der Waals surface area contributed by atoms with Gasteiger partial charge in [-0.15, -0.1) is 0 Å². The van der Waals surface area contributed by atoms with E-state index >= 15 is 0 Å². The first kappa shape index (κ1) is 10.7. The first-order chi connectivity index (χ1) is 7.35. The molecule has 0 amide bonds. The number of furan rings is 1. The van der Waals surface area contributed by atoms with Crippen molar-refractivity contribution < 1.29 is 4.42 Å². The summed E-state index contributed by atoms with van der Waals surface area (Å²) in [5.41, 5.74) is 1.70. The Morgan fingerprint density at radius 1 is 1.60 bits per heavy atom. The van der Waals surface area contributed by atoms with Gasteiger partial charge in [0.1, 0.15) is 0 Å². The Bertz CT molecular complexity index is 276. The molecule has 0 aliphatic carbocycles. The van der Waals surface area contributed by atoms with E-state index in [0.29, 0.717) is 5.41 Å². The number of nitrogens with one attached hydrogen (secondary N) is 2. The number of rotatable bonds is 5. The lowest BCUT2D eigenvalue weighted by atomic mass is 9.84. The van der Waals surface area contributed by atoms with Crippen molar-refractivity contribution in [3.63, 3.8) is 0 Å². The number of hydrogen-bond acceptors (Lipinski definition) is 3. The largest absolute Gasteiger partial charge is 0.472 e. The molecule has 2 rings (SSSR count). The zero-order valence-electron chi connectivity index (χ0n) is 9.38. The average molecular weight is 208 g/mol. The summed E-state index contributed by atoms with van der Waals surface area (Å²) in [5.74, 6) is 0. The van der Waals surface area contributed by atoms with Crippen LogP contribution >= 0.6 is 0 Å². The fourth-order valence-corrected chi connectivity index (χ4v) is 2.24. The molecule has 1 aromatic heterocycles. The first-order valence-electron chi connectivity index (χ1n) is 5.77. The molecule has 0 bridgehead atoms. The summed E-state index contributed by atoms with van der Waals surface area (Å²) in [4.78, 5) is 0. The standard InChI is InChI=1S/C12H20N2O/c1-2-12(4-5-13-9-12)10-14-7-11-3-6-15-8-11/h3,6,8,13-14H,2,4-5,7,9-10H2,1H3. The van der Waals surface area contributed by atoms with Crippen molar-refractivity contribution in [1.29, 1.82) is 0 Å². The summed E-state index contributed by atoms with van der Waals surface area (Å²) in [6.07, 6.45) is 6.07. The third-order valence-electron chi connectivity index (χ3n) is 3.49. The van der Waals surface area contributed by atoms with E-state index in [4.69, 9.17) is 4.42 Å². The Hall–Kier alpha value is -0.800. The van der Waals surface area contributed by atoms with Crippen molar-refractivity contribution in [2.75, 3.05) is 19.6 Å². The van der Waals surface area contributed by atoms with Crippen LogP contribution in [0.5, 0.6) is 0 Å². The Morgan fingerprint density at radius 2 is 2.53 bits per heavy atom. The Labute approximate surface area is 91.2 Å². The van der Waals surface area contributed by atoms with Gasteiger partial charge in [-0.3, -0.25) is 0 Å². The van der Waals surface area contributed by atoms with Gasteiger partial charge in [-0.1, -0.05) is 6.92 Å². The molecular formula is C12H20N2O. The van der Waals surface area contributed by atoms with Crippen LogP contribution in [0.1, 0.15) is 25.3 Å². The van der Waals surface area contributed by atoms with Crippen LogP contribution < -0.4 is 10.6 Å². The van der Waals surface area contributed by atoms with Crippen LogP contribution in [-0.2, 0) is 6.54 Å². The highest BCUT2D eigenvalue weighted by Crippen LogP contribution is 2.28. The van der Waals surface area contributed by atoms with Crippen LogP contribution in [0, 0.1) is 5.41 Å². The van der Waals surface area contributed by atoms with Crippen LogP contribution in [0.15, 0.2) is 23.0 Å². The Kier molecular flexibility index (Phi) is 3.44. The van der Waals surface area contributed by atoms with Crippen LogP contribution in [0.4, 0.5) is 0 Å². The zero-order valence-corrected chi connectivity index (χ0v) is 9.38. The highest BCUT2D eigenvalue weighted by molar-refractivity contribution is 5.04. The van der Waals surface area contributed by atoms with E-state index in [1.165, 1.54) is 24.9 Å². The van der Waals surface area contributed by atoms with Gasteiger partial charge in [-0.25, -0.2) is 0 Å². The van der Waals surface area contributed by atoms with Gasteiger partial charge in [0.15, 0.2) is 0 Å². The third-order valence-corrected chi connectivity index (χ3v) is 3.49. The second-order valence-corrected chi connectivity index (χ2v) is 4.52. The third kappa shape index (κ3) is 2.61. The lowest BCUT2D eigenvalue weighted by Gasteiger charge is -2.26. The van der Waals surface area contributed by atoms with Crippen LogP contribution in [0.25, 0.3) is 0 Å². The average Bonchev–Trinajstić information content (AvgIpc) is 2.89. The van der Waals surface area contributed by atoms with Gasteiger partial charge >= 0.3 is 0 Å². The lowest BCUT2D eigenvalue weighted by molar-refractivity contribution is 0.291. The van der Waals surface area contributed by atoms with Gasteiger partial charge in [0.2, 0.25) is 0 Å². The summed E-state index contributed by atoms with van der Waals surface area (Å²) in [6.45, 7) is 6.62. The predicted molar refractivity (Wildman–Crippen MR) is 60.6 cm³/mol. The van der Waals surface area contributed by atoms with Crippen molar-refractivity contribution in [3.05, 3.63) is 24.2 Å². The normalized spacial score (nSPS) is 25.9. The summed E-state index contributed by atoms with van der Waals surface area (Å²) in [7, 11) is 0. The Morgan fingerprint density at radius 3 is 3.13 bits per heavy atom. The maximum atomic E-state index is 5.04. The molecule has 1 fully saturated rings. The van der Waals surface area contributed by atoms with Crippen LogP contribution in [-0.4, -0.2) is 19.6 Å². The maximum absolute atomic E-state index is 5.04. The highest BCUT2D eigenvalue weighted by Gasteiger charge is 2.31. The summed E-state index contributed by atoms with van der Waals surface area (Å²) in [5, 5.41) is 6.97. The van der Waals surface area contributed by atoms with Crippen molar-refractivity contribution in [2.45, 2.75) is 26.3 Å². The summed E-state index contributed by atoms with van der Waals surface area (Å²) >= 11 is 0. The monoisotopic (exact) mass is 208 g/mol. The molecule has 0 saturated carbocycles. The molecule has 1 atom stereocenters. The van der Waals surface area contributed by atoms with Gasteiger partial charge in [-0.2, -0.15) is 0 Å². The van der Waals surface area contributed by atoms with Crippen LogP contribution in [0.2, 0.25) is 0 Å². The minimum atomic E-state index is 0.476. The van der Waals surface area contributed by atoms with Crippen molar-refractivity contribution >= 4 is 0 Å². The lowest BCUT2D eigenvalue weighted by Crippen LogP contribution is -2.35. The van der Waals surface area contributed by atoms with Gasteiger partial charge in [-0.05, 0) is 30.9 Å². The smallest absolute Gasteiger partial charge is 0.0947 e. The van der Waals surface area contributed by atoms with E-state index in [0.717, 1.165) is 19.6 Å². The van der Waals surface area contributed by atoms with E-state index in [-0.39, 0.29) is 0 Å². The summed E-state index contributed by atoms with van der Waals surface area (Å²) in [6, 6.07) is 2.01. The van der Waals surface area contributed by atoms with Crippen LogP contribution in [0.3, 0.4) is 0 Å². The van der Waals surface area contributed by atoms with E-state index in [2.05, 4.69) is 17.6 Å². The zero-order chi connectivity index (χ0) is 10.6. The first-order valence-corrected chi connectivity index (χ1v) is 5.77. The fraction of sp³-hybridized carbons (Fsp3) is 0.667. The van der Waals surface area contributed by atoms with Gasteiger partial charge in [0.25, 0.3) is 0 Å². The molecule has 1 unspecified atom stereocenters. The molecule has 2 heterocycles. The highest BCUT2D eigenvalue weighted by atomic mass is 16.3. The molecule has 84 valence electrons. The fourth-order valence-electron chi connectivity index (χ4n) is 2.24. The molecule has 3 nitrogen and oxygen atoms in total. The minimum absolute atomic E-state index is 0.476. The molecule has 0 spiro atoms. The second kappa shape index (κ2) is 4.81. The van der Waals surface area contributed by atoms with E-state index in [1.807, 2.05) is 6.07 Å². The molecular weight excluding hydrogens is 188 g/mol. The van der Waals surface area contributed by atoms with Crippen molar-refractivity contribution in [1.82, 2.24) is 10.6 Å². The Balaban J connectivity index is 1.77. The quantitative estimate of drug-likeness (QED) is 0.774. The number of hydrogen-bond donors (Lipinski definition) is 2. The molecule has 1 aromatic rings. The van der Waals surface area contributed by atoms with E-state index in [1.54, 1.807) is 12.5 Å². The van der Waals surface area contributed by atoms with Crippen molar-refractivity contribution in [2.24, 2.45) is 5.41 Å². The van der Waals surface area contributed by atoms with Gasteiger partial charge in [0.05, 0.1) is 12.5 Å². The minimum Gasteiger partial charge on any atom is -0.472 e. The molecule has 1 saturated heterocycles. The second-order valence-electron chi connectivity index (χ2n) is 4.52. The van der Waals surface area contributed by atoms with E-state index < -0.39 is 0 Å². The molecule has 1 aliphatic rings. The van der Waals surface area contributed by atoms with Gasteiger partial charge < -0.3 is 15.1 Å². The molecule has 2 N–H and O–H groups in total. The van der Waals surface area contributed by atoms with E-state index in [9.17, 15) is 0 Å². The SMILES string of the molecule is CCC1(CNCc2ccoc2)CCNC1. The van der Waals surface area contributed by atoms with Gasteiger partial charge in [0, 0.05) is 25.2 Å². The predicted octanol–water partition coefficient (Wildman–Crippen LogP) is 1.76. The molecule has 0 radical (unpaired) electrons. The maximum Gasteiger partial charge on any atom is 0.0947 e. The molecule has 1 aliphatic heterocycles. The van der Waals surface area contributed by atoms with Crippen molar-refractivity contribution in [3.8, 4) is 0 Å². The topological polar surface area (TPSA) is 37.2 Å². The molecule has 0 aromatic carbocycles. The summed E-state index contributed by atoms with van der Waals surface area (Å²) < 4.78 is 5.04.